The van der Waals surface area contributed by atoms with Gasteiger partial charge in [0.15, 0.2) is 0 Å². The fraction of sp³-hybridized carbons (Fsp3) is 0.615. The van der Waals surface area contributed by atoms with Crippen LogP contribution in [-0.2, 0) is 6.54 Å². The Morgan fingerprint density at radius 1 is 1.35 bits per heavy atom. The van der Waals surface area contributed by atoms with Gasteiger partial charge in [0, 0.05) is 19.1 Å². The lowest BCUT2D eigenvalue weighted by molar-refractivity contribution is 0.143. The van der Waals surface area contributed by atoms with Crippen molar-refractivity contribution >= 4 is 5.82 Å². The number of aliphatic hydroxyl groups excluding tert-OH is 1. The first kappa shape index (κ1) is 12.3. The lowest BCUT2D eigenvalue weighted by Crippen LogP contribution is -2.35. The van der Waals surface area contributed by atoms with Crippen molar-refractivity contribution in [2.45, 2.75) is 38.3 Å². The standard InChI is InChI=1S/C13H21N3O/c14-13-7-3-4-11(15-13)10-16(8-9-17)12-5-1-2-6-12/h3-4,7,12,17H,1-2,5-6,8-10H2,(H2,14,15). The van der Waals surface area contributed by atoms with Crippen LogP contribution in [0.25, 0.3) is 0 Å². The molecule has 1 fully saturated rings. The van der Waals surface area contributed by atoms with Crippen LogP contribution in [0, 0.1) is 0 Å². The molecule has 94 valence electrons. The van der Waals surface area contributed by atoms with Gasteiger partial charge in [0.05, 0.1) is 12.3 Å². The summed E-state index contributed by atoms with van der Waals surface area (Å²) in [6, 6.07) is 6.33. The Morgan fingerprint density at radius 2 is 2.12 bits per heavy atom. The zero-order valence-electron chi connectivity index (χ0n) is 10.2. The summed E-state index contributed by atoms with van der Waals surface area (Å²) in [6.45, 7) is 1.72. The number of rotatable bonds is 5. The van der Waals surface area contributed by atoms with Crippen molar-refractivity contribution in [2.24, 2.45) is 0 Å². The van der Waals surface area contributed by atoms with Crippen LogP contribution in [0.5, 0.6) is 0 Å². The maximum absolute atomic E-state index is 9.14. The minimum Gasteiger partial charge on any atom is -0.395 e. The van der Waals surface area contributed by atoms with Gasteiger partial charge in [-0.05, 0) is 25.0 Å². The highest BCUT2D eigenvalue weighted by Gasteiger charge is 2.22. The Bertz CT molecular complexity index is 350. The average molecular weight is 235 g/mol. The molecule has 1 aromatic rings. The first-order valence-corrected chi connectivity index (χ1v) is 6.36. The van der Waals surface area contributed by atoms with E-state index in [0.29, 0.717) is 11.9 Å². The van der Waals surface area contributed by atoms with E-state index in [-0.39, 0.29) is 6.61 Å². The van der Waals surface area contributed by atoms with Gasteiger partial charge in [-0.2, -0.15) is 0 Å². The van der Waals surface area contributed by atoms with E-state index in [9.17, 15) is 0 Å². The number of aromatic nitrogens is 1. The van der Waals surface area contributed by atoms with Gasteiger partial charge in [-0.3, -0.25) is 4.90 Å². The summed E-state index contributed by atoms with van der Waals surface area (Å²) in [7, 11) is 0. The van der Waals surface area contributed by atoms with Crippen LogP contribution < -0.4 is 5.73 Å². The third kappa shape index (κ3) is 3.41. The van der Waals surface area contributed by atoms with E-state index in [2.05, 4.69) is 9.88 Å². The van der Waals surface area contributed by atoms with E-state index in [1.165, 1.54) is 25.7 Å². The van der Waals surface area contributed by atoms with Gasteiger partial charge in [0.1, 0.15) is 5.82 Å². The van der Waals surface area contributed by atoms with E-state index in [1.54, 1.807) is 6.07 Å². The molecule has 17 heavy (non-hydrogen) atoms. The van der Waals surface area contributed by atoms with Crippen LogP contribution >= 0.6 is 0 Å². The van der Waals surface area contributed by atoms with Gasteiger partial charge in [0.25, 0.3) is 0 Å². The molecule has 4 heteroatoms. The molecular formula is C13H21N3O. The lowest BCUT2D eigenvalue weighted by atomic mass is 10.2. The van der Waals surface area contributed by atoms with Gasteiger partial charge >= 0.3 is 0 Å². The molecule has 0 unspecified atom stereocenters. The van der Waals surface area contributed by atoms with Gasteiger partial charge in [-0.1, -0.05) is 18.9 Å². The van der Waals surface area contributed by atoms with Gasteiger partial charge in [-0.25, -0.2) is 4.98 Å². The molecule has 4 nitrogen and oxygen atoms in total. The largest absolute Gasteiger partial charge is 0.395 e. The van der Waals surface area contributed by atoms with Crippen molar-refractivity contribution in [1.82, 2.24) is 9.88 Å². The Hall–Kier alpha value is -1.13. The molecule has 1 aliphatic rings. The molecule has 2 rings (SSSR count). The second-order valence-electron chi connectivity index (χ2n) is 4.69. The predicted molar refractivity (Wildman–Crippen MR) is 68.4 cm³/mol. The number of pyridine rings is 1. The molecule has 0 amide bonds. The van der Waals surface area contributed by atoms with E-state index < -0.39 is 0 Å². The van der Waals surface area contributed by atoms with E-state index in [4.69, 9.17) is 10.8 Å². The van der Waals surface area contributed by atoms with Crippen LogP contribution in [0.4, 0.5) is 5.82 Å². The number of anilines is 1. The predicted octanol–water partition coefficient (Wildman–Crippen LogP) is 1.40. The van der Waals surface area contributed by atoms with Crippen molar-refractivity contribution in [1.29, 1.82) is 0 Å². The molecule has 0 radical (unpaired) electrons. The zero-order valence-corrected chi connectivity index (χ0v) is 10.2. The molecule has 0 saturated heterocycles. The Kier molecular flexibility index (Phi) is 4.34. The van der Waals surface area contributed by atoms with E-state index in [1.807, 2.05) is 12.1 Å². The molecule has 0 atom stereocenters. The minimum atomic E-state index is 0.207. The number of nitrogens with two attached hydrogens (primary N) is 1. The Morgan fingerprint density at radius 3 is 2.76 bits per heavy atom. The zero-order chi connectivity index (χ0) is 12.1. The number of aliphatic hydroxyl groups is 1. The molecule has 1 saturated carbocycles. The molecule has 1 heterocycles. The highest BCUT2D eigenvalue weighted by Crippen LogP contribution is 2.24. The molecule has 0 spiro atoms. The second kappa shape index (κ2) is 5.98. The van der Waals surface area contributed by atoms with Gasteiger partial charge < -0.3 is 10.8 Å². The monoisotopic (exact) mass is 235 g/mol. The third-order valence-corrected chi connectivity index (χ3v) is 3.42. The molecule has 1 aliphatic carbocycles. The normalized spacial score (nSPS) is 16.8. The summed E-state index contributed by atoms with van der Waals surface area (Å²) >= 11 is 0. The maximum Gasteiger partial charge on any atom is 0.123 e. The minimum absolute atomic E-state index is 0.207. The van der Waals surface area contributed by atoms with Crippen molar-refractivity contribution < 1.29 is 5.11 Å². The summed E-state index contributed by atoms with van der Waals surface area (Å²) in [5.41, 5.74) is 6.67. The van der Waals surface area contributed by atoms with Gasteiger partial charge in [-0.15, -0.1) is 0 Å². The summed E-state index contributed by atoms with van der Waals surface area (Å²) < 4.78 is 0. The fourth-order valence-corrected chi connectivity index (χ4v) is 2.58. The summed E-state index contributed by atoms with van der Waals surface area (Å²) in [5.74, 6) is 0.567. The van der Waals surface area contributed by atoms with Crippen LogP contribution in [0.2, 0.25) is 0 Å². The lowest BCUT2D eigenvalue weighted by Gasteiger charge is -2.27. The second-order valence-corrected chi connectivity index (χ2v) is 4.69. The summed E-state index contributed by atoms with van der Waals surface area (Å²) in [6.07, 6.45) is 5.08. The number of nitrogen functional groups attached to an aromatic ring is 1. The Balaban J connectivity index is 2.01. The number of hydrogen-bond donors (Lipinski definition) is 2. The first-order valence-electron chi connectivity index (χ1n) is 6.36. The average Bonchev–Trinajstić information content (AvgIpc) is 2.82. The van der Waals surface area contributed by atoms with Crippen molar-refractivity contribution in [3.05, 3.63) is 23.9 Å². The smallest absolute Gasteiger partial charge is 0.123 e. The van der Waals surface area contributed by atoms with Crippen LogP contribution in [0.1, 0.15) is 31.4 Å². The molecule has 0 bridgehead atoms. The van der Waals surface area contributed by atoms with E-state index in [0.717, 1.165) is 18.8 Å². The molecular weight excluding hydrogens is 214 g/mol. The highest BCUT2D eigenvalue weighted by atomic mass is 16.3. The van der Waals surface area contributed by atoms with Gasteiger partial charge in [0.2, 0.25) is 0 Å². The Labute approximate surface area is 102 Å². The third-order valence-electron chi connectivity index (χ3n) is 3.42. The van der Waals surface area contributed by atoms with Crippen LogP contribution in [0.15, 0.2) is 18.2 Å². The SMILES string of the molecule is Nc1cccc(CN(CCO)C2CCCC2)n1. The molecule has 3 N–H and O–H groups in total. The maximum atomic E-state index is 9.14. The topological polar surface area (TPSA) is 62.4 Å². The highest BCUT2D eigenvalue weighted by molar-refractivity contribution is 5.28. The van der Waals surface area contributed by atoms with Crippen molar-refractivity contribution in [3.63, 3.8) is 0 Å². The van der Waals surface area contributed by atoms with Crippen LogP contribution in [-0.4, -0.2) is 34.2 Å². The van der Waals surface area contributed by atoms with Crippen LogP contribution in [0.3, 0.4) is 0 Å². The first-order chi connectivity index (χ1) is 8.29. The molecule has 1 aromatic heterocycles. The van der Waals surface area contributed by atoms with Crippen molar-refractivity contribution in [2.75, 3.05) is 18.9 Å². The van der Waals surface area contributed by atoms with E-state index >= 15 is 0 Å². The summed E-state index contributed by atoms with van der Waals surface area (Å²) in [5, 5.41) is 9.14. The number of nitrogens with zero attached hydrogens (tertiary/aromatic N) is 2. The quantitative estimate of drug-likeness (QED) is 0.810. The van der Waals surface area contributed by atoms with Crippen molar-refractivity contribution in [3.8, 4) is 0 Å². The number of hydrogen-bond acceptors (Lipinski definition) is 4. The summed E-state index contributed by atoms with van der Waals surface area (Å²) in [4.78, 5) is 6.65. The molecule has 0 aliphatic heterocycles. The fourth-order valence-electron chi connectivity index (χ4n) is 2.58. The molecule has 0 aromatic carbocycles.